The van der Waals surface area contributed by atoms with E-state index in [0.29, 0.717) is 30.6 Å². The van der Waals surface area contributed by atoms with Crippen molar-refractivity contribution in [3.05, 3.63) is 12.1 Å². The lowest BCUT2D eigenvalue weighted by Gasteiger charge is -2.35. The molecule has 1 saturated heterocycles. The van der Waals surface area contributed by atoms with Crippen LogP contribution in [0.1, 0.15) is 13.8 Å². The Bertz CT molecular complexity index is 525. The summed E-state index contributed by atoms with van der Waals surface area (Å²) < 4.78 is 16.3. The smallest absolute Gasteiger partial charge is 0.322 e. The average Bonchev–Trinajstić information content (AvgIpc) is 2.48. The van der Waals surface area contributed by atoms with Gasteiger partial charge in [-0.2, -0.15) is 4.98 Å². The molecule has 122 valence electrons. The maximum atomic E-state index is 10.7. The fourth-order valence-corrected chi connectivity index (χ4v) is 1.95. The van der Waals surface area contributed by atoms with Gasteiger partial charge in [0.1, 0.15) is 6.54 Å². The third-order valence-electron chi connectivity index (χ3n) is 3.11. The highest BCUT2D eigenvalue weighted by Gasteiger charge is 2.28. The summed E-state index contributed by atoms with van der Waals surface area (Å²) in [6.07, 6.45) is 0. The molecule has 3 N–H and O–H groups in total. The molecule has 0 aliphatic carbocycles. The molecule has 0 bridgehead atoms. The highest BCUT2D eigenvalue weighted by atomic mass is 16.7. The van der Waals surface area contributed by atoms with Gasteiger partial charge in [-0.05, 0) is 19.9 Å². The van der Waals surface area contributed by atoms with Crippen molar-refractivity contribution in [3.63, 3.8) is 0 Å². The number of anilines is 2. The van der Waals surface area contributed by atoms with Crippen molar-refractivity contribution in [3.8, 4) is 5.88 Å². The molecule has 8 nitrogen and oxygen atoms in total. The summed E-state index contributed by atoms with van der Waals surface area (Å²) in [6.45, 7) is 4.43. The van der Waals surface area contributed by atoms with Gasteiger partial charge in [0, 0.05) is 6.07 Å². The van der Waals surface area contributed by atoms with E-state index in [4.69, 9.17) is 19.3 Å². The van der Waals surface area contributed by atoms with Gasteiger partial charge in [-0.3, -0.25) is 4.79 Å². The van der Waals surface area contributed by atoms with Gasteiger partial charge in [0.05, 0.1) is 32.1 Å². The maximum Gasteiger partial charge on any atom is 0.322 e. The first kappa shape index (κ1) is 16.3. The molecule has 2 heterocycles. The Kier molecular flexibility index (Phi) is 5.04. The van der Waals surface area contributed by atoms with E-state index in [1.807, 2.05) is 13.8 Å². The van der Waals surface area contributed by atoms with Crippen LogP contribution in [-0.2, 0) is 14.3 Å². The lowest BCUT2D eigenvalue weighted by molar-refractivity contribution is -0.247. The highest BCUT2D eigenvalue weighted by Crippen LogP contribution is 2.25. The van der Waals surface area contributed by atoms with E-state index < -0.39 is 11.8 Å². The van der Waals surface area contributed by atoms with E-state index in [0.717, 1.165) is 0 Å². The number of methoxy groups -OCH3 is 1. The normalized spacial score (nSPS) is 17.8. The first-order valence-electron chi connectivity index (χ1n) is 6.95. The van der Waals surface area contributed by atoms with Crippen LogP contribution >= 0.6 is 0 Å². The lowest BCUT2D eigenvalue weighted by atomic mass is 10.2. The Labute approximate surface area is 128 Å². The molecule has 0 spiro atoms. The predicted molar refractivity (Wildman–Crippen MR) is 80.3 cm³/mol. The number of carbonyl (C=O) groups is 1. The first-order chi connectivity index (χ1) is 10.4. The predicted octanol–water partition coefficient (Wildman–Crippen LogP) is 1.15. The number of hydrogen-bond donors (Lipinski definition) is 3. The number of nitrogens with zero attached hydrogens (tertiary/aromatic N) is 1. The summed E-state index contributed by atoms with van der Waals surface area (Å²) in [5.74, 6) is -0.614. The van der Waals surface area contributed by atoms with E-state index in [9.17, 15) is 4.79 Å². The fourth-order valence-electron chi connectivity index (χ4n) is 1.95. The highest BCUT2D eigenvalue weighted by molar-refractivity contribution is 5.75. The zero-order valence-corrected chi connectivity index (χ0v) is 12.9. The Morgan fingerprint density at radius 1 is 1.45 bits per heavy atom. The van der Waals surface area contributed by atoms with Crippen molar-refractivity contribution in [2.75, 3.05) is 37.5 Å². The number of pyridine rings is 1. The number of aromatic nitrogens is 1. The second-order valence-electron chi connectivity index (χ2n) is 5.36. The molecule has 0 radical (unpaired) electrons. The van der Waals surface area contributed by atoms with Crippen LogP contribution in [0.4, 0.5) is 11.5 Å². The molecule has 0 amide bonds. The minimum absolute atomic E-state index is 0.0852. The molecule has 0 aromatic carbocycles. The topological polar surface area (TPSA) is 102 Å². The molecular formula is C14H21N3O5. The van der Waals surface area contributed by atoms with Crippen molar-refractivity contribution in [2.45, 2.75) is 25.7 Å². The van der Waals surface area contributed by atoms with E-state index in [2.05, 4.69) is 15.6 Å². The van der Waals surface area contributed by atoms with Crippen LogP contribution < -0.4 is 15.4 Å². The standard InChI is InChI=1S/C14H21N3O5/c1-14(2)21-7-9(8-22-14)16-13-10(15-6-12(18)19)4-5-11(17-13)20-3/h4-5,9,15H,6-8H2,1-3H3,(H,16,17)(H,18,19). The van der Waals surface area contributed by atoms with E-state index >= 15 is 0 Å². The Hall–Kier alpha value is -2.06. The largest absolute Gasteiger partial charge is 0.481 e. The maximum absolute atomic E-state index is 10.7. The monoisotopic (exact) mass is 311 g/mol. The molecule has 0 atom stereocenters. The summed E-state index contributed by atoms with van der Waals surface area (Å²) in [7, 11) is 1.52. The van der Waals surface area contributed by atoms with E-state index in [1.54, 1.807) is 12.1 Å². The third kappa shape index (κ3) is 4.47. The fraction of sp³-hybridized carbons (Fsp3) is 0.571. The van der Waals surface area contributed by atoms with E-state index in [1.165, 1.54) is 7.11 Å². The summed E-state index contributed by atoms with van der Waals surface area (Å²) in [4.78, 5) is 15.0. The Balaban J connectivity index is 2.08. The molecule has 0 unspecified atom stereocenters. The number of ether oxygens (including phenoxy) is 3. The van der Waals surface area contributed by atoms with Gasteiger partial charge in [-0.1, -0.05) is 0 Å². The van der Waals surface area contributed by atoms with Gasteiger partial charge in [-0.25, -0.2) is 0 Å². The summed E-state index contributed by atoms with van der Waals surface area (Å²) in [6, 6.07) is 3.29. The van der Waals surface area contributed by atoms with Gasteiger partial charge in [0.2, 0.25) is 5.88 Å². The zero-order valence-electron chi connectivity index (χ0n) is 12.9. The third-order valence-corrected chi connectivity index (χ3v) is 3.11. The molecule has 1 aromatic heterocycles. The number of nitrogens with one attached hydrogen (secondary N) is 2. The van der Waals surface area contributed by atoms with Crippen molar-refractivity contribution in [1.29, 1.82) is 0 Å². The molecule has 1 aromatic rings. The van der Waals surface area contributed by atoms with Gasteiger partial charge in [-0.15, -0.1) is 0 Å². The second-order valence-corrected chi connectivity index (χ2v) is 5.36. The number of rotatable bonds is 6. The molecule has 0 saturated carbocycles. The van der Waals surface area contributed by atoms with E-state index in [-0.39, 0.29) is 12.6 Å². The number of carboxylic acid groups (broad SMARTS) is 1. The molecule has 8 heteroatoms. The van der Waals surface area contributed by atoms with Crippen LogP contribution in [0.3, 0.4) is 0 Å². The van der Waals surface area contributed by atoms with Crippen molar-refractivity contribution >= 4 is 17.5 Å². The molecule has 1 aliphatic heterocycles. The van der Waals surface area contributed by atoms with Crippen LogP contribution in [0.2, 0.25) is 0 Å². The molecule has 2 rings (SSSR count). The van der Waals surface area contributed by atoms with Gasteiger partial charge in [0.15, 0.2) is 11.6 Å². The Morgan fingerprint density at radius 2 is 2.14 bits per heavy atom. The number of hydrogen-bond acceptors (Lipinski definition) is 7. The summed E-state index contributed by atoms with van der Waals surface area (Å²) in [5, 5.41) is 14.8. The SMILES string of the molecule is COc1ccc(NCC(=O)O)c(NC2COC(C)(C)OC2)n1. The van der Waals surface area contributed by atoms with Crippen molar-refractivity contribution in [2.24, 2.45) is 0 Å². The molecular weight excluding hydrogens is 290 g/mol. The summed E-state index contributed by atoms with van der Waals surface area (Å²) in [5.41, 5.74) is 0.577. The van der Waals surface area contributed by atoms with Crippen LogP contribution in [0, 0.1) is 0 Å². The summed E-state index contributed by atoms with van der Waals surface area (Å²) >= 11 is 0. The van der Waals surface area contributed by atoms with Crippen LogP contribution in [0.15, 0.2) is 12.1 Å². The quantitative estimate of drug-likeness (QED) is 0.719. The molecule has 22 heavy (non-hydrogen) atoms. The van der Waals surface area contributed by atoms with Crippen molar-refractivity contribution in [1.82, 2.24) is 4.98 Å². The van der Waals surface area contributed by atoms with Gasteiger partial charge >= 0.3 is 5.97 Å². The molecule has 1 fully saturated rings. The van der Waals surface area contributed by atoms with Crippen LogP contribution in [-0.4, -0.2) is 54.8 Å². The van der Waals surface area contributed by atoms with Crippen LogP contribution in [0.5, 0.6) is 5.88 Å². The van der Waals surface area contributed by atoms with Crippen molar-refractivity contribution < 1.29 is 24.1 Å². The first-order valence-corrected chi connectivity index (χ1v) is 6.95. The second kappa shape index (κ2) is 6.80. The minimum Gasteiger partial charge on any atom is -0.481 e. The van der Waals surface area contributed by atoms with Gasteiger partial charge in [0.25, 0.3) is 0 Å². The average molecular weight is 311 g/mol. The Morgan fingerprint density at radius 3 is 2.73 bits per heavy atom. The van der Waals surface area contributed by atoms with Gasteiger partial charge < -0.3 is 30.0 Å². The minimum atomic E-state index is -0.951. The van der Waals surface area contributed by atoms with Crippen LogP contribution in [0.25, 0.3) is 0 Å². The lowest BCUT2D eigenvalue weighted by Crippen LogP contribution is -2.45. The zero-order chi connectivity index (χ0) is 16.2. The molecule has 1 aliphatic rings. The number of aliphatic carboxylic acids is 1. The number of carboxylic acids is 1.